The number of carboxylic acids is 1. The molecule has 162 valence electrons. The molecule has 1 fully saturated rings. The SMILES string of the molecule is CCC1SCC(C(=O)O)N1C(=O)CNC(=O)OCC1c2ccccc2-c2ccccc21. The summed E-state index contributed by atoms with van der Waals surface area (Å²) in [4.78, 5) is 37.7. The number of aliphatic carboxylic acids is 1. The normalized spacial score (nSPS) is 19.6. The van der Waals surface area contributed by atoms with Crippen molar-refractivity contribution in [3.63, 3.8) is 0 Å². The van der Waals surface area contributed by atoms with Crippen molar-refractivity contribution in [2.24, 2.45) is 0 Å². The number of carboxylic acid groups (broad SMARTS) is 1. The van der Waals surface area contributed by atoms with E-state index in [1.165, 1.54) is 16.7 Å². The Labute approximate surface area is 184 Å². The Morgan fingerprint density at radius 2 is 1.71 bits per heavy atom. The number of fused-ring (bicyclic) bond motifs is 3. The first-order chi connectivity index (χ1) is 15.0. The van der Waals surface area contributed by atoms with E-state index in [-0.39, 0.29) is 24.4 Å². The standard InChI is InChI=1S/C23H24N2O5S/c1-2-21-25(19(13-31-21)22(27)28)20(26)11-24-23(29)30-12-18-16-9-5-3-7-14(16)15-8-4-6-10-17(15)18/h3-10,18-19,21H,2,11-13H2,1H3,(H,24,29)(H,27,28). The predicted molar refractivity (Wildman–Crippen MR) is 118 cm³/mol. The molecule has 2 N–H and O–H groups in total. The van der Waals surface area contributed by atoms with Crippen LogP contribution in [0.5, 0.6) is 0 Å². The van der Waals surface area contributed by atoms with Gasteiger partial charge < -0.3 is 20.1 Å². The number of amides is 2. The van der Waals surface area contributed by atoms with Gasteiger partial charge in [-0.1, -0.05) is 55.5 Å². The fraction of sp³-hybridized carbons (Fsp3) is 0.348. The summed E-state index contributed by atoms with van der Waals surface area (Å²) >= 11 is 1.44. The second-order valence-electron chi connectivity index (χ2n) is 7.53. The molecular formula is C23H24N2O5S. The van der Waals surface area contributed by atoms with E-state index in [1.807, 2.05) is 43.3 Å². The Morgan fingerprint density at radius 3 is 2.29 bits per heavy atom. The van der Waals surface area contributed by atoms with E-state index in [4.69, 9.17) is 4.74 Å². The zero-order valence-electron chi connectivity index (χ0n) is 17.1. The van der Waals surface area contributed by atoms with Crippen LogP contribution >= 0.6 is 11.8 Å². The van der Waals surface area contributed by atoms with Crippen molar-refractivity contribution in [1.29, 1.82) is 0 Å². The van der Waals surface area contributed by atoms with Crippen molar-refractivity contribution in [2.75, 3.05) is 18.9 Å². The summed E-state index contributed by atoms with van der Waals surface area (Å²) in [6.45, 7) is 1.77. The zero-order chi connectivity index (χ0) is 22.0. The maximum Gasteiger partial charge on any atom is 0.407 e. The van der Waals surface area contributed by atoms with Crippen LogP contribution in [0.2, 0.25) is 0 Å². The first-order valence-electron chi connectivity index (χ1n) is 10.3. The number of alkyl carbamates (subject to hydrolysis) is 1. The third-order valence-electron chi connectivity index (χ3n) is 5.74. The Bertz CT molecular complexity index is 965. The van der Waals surface area contributed by atoms with Gasteiger partial charge in [-0.15, -0.1) is 11.8 Å². The van der Waals surface area contributed by atoms with E-state index >= 15 is 0 Å². The Morgan fingerprint density at radius 1 is 1.10 bits per heavy atom. The smallest absolute Gasteiger partial charge is 0.407 e. The fourth-order valence-electron chi connectivity index (χ4n) is 4.29. The molecule has 8 heteroatoms. The largest absolute Gasteiger partial charge is 0.480 e. The highest BCUT2D eigenvalue weighted by Gasteiger charge is 2.40. The van der Waals surface area contributed by atoms with Crippen LogP contribution < -0.4 is 5.32 Å². The average molecular weight is 441 g/mol. The van der Waals surface area contributed by atoms with Crippen LogP contribution in [0.4, 0.5) is 4.79 Å². The second kappa shape index (κ2) is 9.01. The van der Waals surface area contributed by atoms with Gasteiger partial charge in [-0.3, -0.25) is 4.79 Å². The zero-order valence-corrected chi connectivity index (χ0v) is 17.9. The van der Waals surface area contributed by atoms with E-state index in [0.717, 1.165) is 22.3 Å². The van der Waals surface area contributed by atoms with Crippen molar-refractivity contribution in [1.82, 2.24) is 10.2 Å². The summed E-state index contributed by atoms with van der Waals surface area (Å²) in [7, 11) is 0. The number of nitrogens with zero attached hydrogens (tertiary/aromatic N) is 1. The highest BCUT2D eigenvalue weighted by Crippen LogP contribution is 2.44. The molecule has 1 aliphatic carbocycles. The number of ether oxygens (including phenoxy) is 1. The number of nitrogens with one attached hydrogen (secondary N) is 1. The molecule has 31 heavy (non-hydrogen) atoms. The fourth-order valence-corrected chi connectivity index (χ4v) is 5.66. The lowest BCUT2D eigenvalue weighted by molar-refractivity contribution is -0.148. The van der Waals surface area contributed by atoms with Crippen LogP contribution in [0.15, 0.2) is 48.5 Å². The van der Waals surface area contributed by atoms with Crippen molar-refractivity contribution in [3.05, 3.63) is 59.7 Å². The average Bonchev–Trinajstić information content (AvgIpc) is 3.36. The van der Waals surface area contributed by atoms with Crippen molar-refractivity contribution in [3.8, 4) is 11.1 Å². The van der Waals surface area contributed by atoms with Gasteiger partial charge in [0.05, 0.1) is 5.37 Å². The Balaban J connectivity index is 1.36. The topological polar surface area (TPSA) is 95.9 Å². The van der Waals surface area contributed by atoms with E-state index in [2.05, 4.69) is 17.4 Å². The molecule has 1 heterocycles. The first kappa shape index (κ1) is 21.2. The summed E-state index contributed by atoms with van der Waals surface area (Å²) in [6, 6.07) is 15.2. The van der Waals surface area contributed by atoms with Crippen LogP contribution in [-0.4, -0.2) is 58.3 Å². The van der Waals surface area contributed by atoms with Crippen LogP contribution in [0.1, 0.15) is 30.4 Å². The lowest BCUT2D eigenvalue weighted by Crippen LogP contribution is -2.49. The molecule has 2 amide bonds. The molecule has 0 bridgehead atoms. The third kappa shape index (κ3) is 4.12. The minimum absolute atomic E-state index is 0.0651. The maximum atomic E-state index is 12.6. The first-order valence-corrected chi connectivity index (χ1v) is 11.3. The minimum atomic E-state index is -1.03. The number of benzene rings is 2. The molecule has 4 rings (SSSR count). The summed E-state index contributed by atoms with van der Waals surface area (Å²) in [5.41, 5.74) is 4.49. The summed E-state index contributed by atoms with van der Waals surface area (Å²) in [5, 5.41) is 11.7. The third-order valence-corrected chi connectivity index (χ3v) is 7.20. The molecule has 1 aliphatic heterocycles. The number of carbonyl (C=O) groups excluding carboxylic acids is 2. The summed E-state index contributed by atoms with van der Waals surface area (Å²) in [6.07, 6.45) is -0.0486. The molecule has 0 aromatic heterocycles. The van der Waals surface area contributed by atoms with E-state index < -0.39 is 24.0 Å². The van der Waals surface area contributed by atoms with E-state index in [1.54, 1.807) is 0 Å². The lowest BCUT2D eigenvalue weighted by Gasteiger charge is -2.26. The number of rotatable bonds is 6. The van der Waals surface area contributed by atoms with Crippen LogP contribution in [0, 0.1) is 0 Å². The number of hydrogen-bond acceptors (Lipinski definition) is 5. The molecule has 0 saturated carbocycles. The van der Waals surface area contributed by atoms with Crippen LogP contribution in [0.25, 0.3) is 11.1 Å². The van der Waals surface area contributed by atoms with Gasteiger partial charge in [0.1, 0.15) is 19.2 Å². The molecule has 2 aromatic rings. The van der Waals surface area contributed by atoms with Gasteiger partial charge in [-0.2, -0.15) is 0 Å². The highest BCUT2D eigenvalue weighted by molar-refractivity contribution is 8.00. The van der Waals surface area contributed by atoms with E-state index in [9.17, 15) is 19.5 Å². The number of carbonyl (C=O) groups is 3. The maximum absolute atomic E-state index is 12.6. The number of hydrogen-bond donors (Lipinski definition) is 2. The van der Waals surface area contributed by atoms with Crippen LogP contribution in [-0.2, 0) is 14.3 Å². The molecule has 2 atom stereocenters. The van der Waals surface area contributed by atoms with Crippen molar-refractivity contribution < 1.29 is 24.2 Å². The molecule has 0 radical (unpaired) electrons. The van der Waals surface area contributed by atoms with Crippen molar-refractivity contribution in [2.45, 2.75) is 30.7 Å². The molecule has 7 nitrogen and oxygen atoms in total. The second-order valence-corrected chi connectivity index (χ2v) is 8.74. The Kier molecular flexibility index (Phi) is 6.18. The van der Waals surface area contributed by atoms with Gasteiger partial charge in [-0.25, -0.2) is 9.59 Å². The van der Waals surface area contributed by atoms with Gasteiger partial charge in [-0.05, 0) is 28.7 Å². The van der Waals surface area contributed by atoms with Gasteiger partial charge in [0.15, 0.2) is 0 Å². The summed E-state index contributed by atoms with van der Waals surface area (Å²) in [5.74, 6) is -1.16. The molecule has 2 unspecified atom stereocenters. The minimum Gasteiger partial charge on any atom is -0.480 e. The summed E-state index contributed by atoms with van der Waals surface area (Å²) < 4.78 is 5.44. The molecule has 2 aliphatic rings. The monoisotopic (exact) mass is 440 g/mol. The highest BCUT2D eigenvalue weighted by atomic mass is 32.2. The van der Waals surface area contributed by atoms with Gasteiger partial charge in [0, 0.05) is 11.7 Å². The molecular weight excluding hydrogens is 416 g/mol. The van der Waals surface area contributed by atoms with E-state index in [0.29, 0.717) is 12.2 Å². The van der Waals surface area contributed by atoms with Gasteiger partial charge in [0.2, 0.25) is 5.91 Å². The molecule has 2 aromatic carbocycles. The van der Waals surface area contributed by atoms with Gasteiger partial charge >= 0.3 is 12.1 Å². The number of thioether (sulfide) groups is 1. The molecule has 1 saturated heterocycles. The van der Waals surface area contributed by atoms with Crippen molar-refractivity contribution >= 4 is 29.7 Å². The quantitative estimate of drug-likeness (QED) is 0.716. The van der Waals surface area contributed by atoms with Crippen LogP contribution in [0.3, 0.4) is 0 Å². The lowest BCUT2D eigenvalue weighted by atomic mass is 9.98. The molecule has 0 spiro atoms. The predicted octanol–water partition coefficient (Wildman–Crippen LogP) is 3.29. The Hall–Kier alpha value is -3.00. The van der Waals surface area contributed by atoms with Gasteiger partial charge in [0.25, 0.3) is 0 Å².